The van der Waals surface area contributed by atoms with Crippen molar-refractivity contribution in [1.29, 1.82) is 0 Å². The molecule has 0 unspecified atom stereocenters. The van der Waals surface area contributed by atoms with E-state index in [9.17, 15) is 4.39 Å². The number of halogens is 2. The number of aliphatic hydroxyl groups excluding tert-OH is 1. The number of aliphatic hydroxyl groups is 1. The van der Waals surface area contributed by atoms with Crippen LogP contribution >= 0.6 is 11.6 Å². The first-order valence-corrected chi connectivity index (χ1v) is 6.37. The Balaban J connectivity index is 2.19. The van der Waals surface area contributed by atoms with Gasteiger partial charge in [-0.15, -0.1) is 0 Å². The molecule has 0 saturated carbocycles. The molecular formula is C15H14ClFO3. The van der Waals surface area contributed by atoms with Crippen LogP contribution in [0.4, 0.5) is 4.39 Å². The van der Waals surface area contributed by atoms with Gasteiger partial charge in [-0.2, -0.15) is 0 Å². The summed E-state index contributed by atoms with van der Waals surface area (Å²) in [6.07, 6.45) is 0. The second-order valence-corrected chi connectivity index (χ2v) is 4.52. The summed E-state index contributed by atoms with van der Waals surface area (Å²) in [5, 5.41) is 9.17. The molecule has 5 heteroatoms. The van der Waals surface area contributed by atoms with Crippen LogP contribution in [0.3, 0.4) is 0 Å². The third-order valence-corrected chi connectivity index (χ3v) is 3.25. The fraction of sp³-hybridized carbons (Fsp3) is 0.200. The van der Waals surface area contributed by atoms with E-state index in [-0.39, 0.29) is 18.2 Å². The summed E-state index contributed by atoms with van der Waals surface area (Å²) >= 11 is 5.87. The summed E-state index contributed by atoms with van der Waals surface area (Å²) < 4.78 is 24.1. The first kappa shape index (κ1) is 14.6. The topological polar surface area (TPSA) is 38.7 Å². The van der Waals surface area contributed by atoms with Crippen LogP contribution in [0.15, 0.2) is 36.4 Å². The van der Waals surface area contributed by atoms with Crippen molar-refractivity contribution in [3.8, 4) is 11.5 Å². The molecule has 0 atom stereocenters. The maximum atomic E-state index is 13.3. The minimum atomic E-state index is -0.483. The lowest BCUT2D eigenvalue weighted by molar-refractivity contribution is 0.271. The molecule has 0 aliphatic rings. The van der Waals surface area contributed by atoms with Gasteiger partial charge in [-0.25, -0.2) is 4.39 Å². The highest BCUT2D eigenvalue weighted by molar-refractivity contribution is 6.31. The summed E-state index contributed by atoms with van der Waals surface area (Å²) in [7, 11) is 1.52. The van der Waals surface area contributed by atoms with Gasteiger partial charge in [-0.05, 0) is 23.8 Å². The normalized spacial score (nSPS) is 10.4. The predicted molar refractivity (Wildman–Crippen MR) is 74.7 cm³/mol. The monoisotopic (exact) mass is 296 g/mol. The molecule has 3 nitrogen and oxygen atoms in total. The van der Waals surface area contributed by atoms with Crippen molar-refractivity contribution in [3.63, 3.8) is 0 Å². The largest absolute Gasteiger partial charge is 0.493 e. The van der Waals surface area contributed by atoms with Gasteiger partial charge in [0.25, 0.3) is 0 Å². The van der Waals surface area contributed by atoms with E-state index >= 15 is 0 Å². The minimum absolute atomic E-state index is 0.0461. The predicted octanol–water partition coefficient (Wildman–Crippen LogP) is 3.56. The Morgan fingerprint density at radius 1 is 1.20 bits per heavy atom. The molecular weight excluding hydrogens is 283 g/mol. The molecule has 0 aromatic heterocycles. The Labute approximate surface area is 121 Å². The number of methoxy groups -OCH3 is 1. The van der Waals surface area contributed by atoms with E-state index in [2.05, 4.69) is 0 Å². The van der Waals surface area contributed by atoms with E-state index in [1.54, 1.807) is 30.3 Å². The molecule has 0 aliphatic heterocycles. The molecule has 0 heterocycles. The second-order valence-electron chi connectivity index (χ2n) is 4.14. The van der Waals surface area contributed by atoms with Gasteiger partial charge in [-0.1, -0.05) is 29.8 Å². The molecule has 2 aromatic carbocycles. The molecule has 0 spiro atoms. The number of ether oxygens (including phenoxy) is 2. The molecule has 0 bridgehead atoms. The smallest absolute Gasteiger partial charge is 0.162 e. The Bertz CT molecular complexity index is 602. The summed E-state index contributed by atoms with van der Waals surface area (Å²) in [6.45, 7) is 0.0168. The van der Waals surface area contributed by atoms with Crippen molar-refractivity contribution in [2.75, 3.05) is 7.11 Å². The lowest BCUT2D eigenvalue weighted by Crippen LogP contribution is -2.00. The fourth-order valence-corrected chi connectivity index (χ4v) is 1.93. The van der Waals surface area contributed by atoms with Crippen LogP contribution in [0.2, 0.25) is 5.02 Å². The fourth-order valence-electron chi connectivity index (χ4n) is 1.75. The van der Waals surface area contributed by atoms with Gasteiger partial charge in [0.1, 0.15) is 12.4 Å². The highest BCUT2D eigenvalue weighted by Crippen LogP contribution is 2.30. The molecule has 20 heavy (non-hydrogen) atoms. The first-order chi connectivity index (χ1) is 9.65. The summed E-state index contributed by atoms with van der Waals surface area (Å²) in [5.41, 5.74) is 1.24. The second kappa shape index (κ2) is 6.59. The summed E-state index contributed by atoms with van der Waals surface area (Å²) in [5.74, 6) is 0.526. The van der Waals surface area contributed by atoms with Crippen LogP contribution in [0, 0.1) is 5.82 Å². The maximum Gasteiger partial charge on any atom is 0.162 e. The zero-order valence-electron chi connectivity index (χ0n) is 10.9. The van der Waals surface area contributed by atoms with Gasteiger partial charge >= 0.3 is 0 Å². The first-order valence-electron chi connectivity index (χ1n) is 5.99. The summed E-state index contributed by atoms with van der Waals surface area (Å²) in [4.78, 5) is 0. The van der Waals surface area contributed by atoms with Crippen LogP contribution in [-0.2, 0) is 13.2 Å². The number of benzene rings is 2. The van der Waals surface area contributed by atoms with Gasteiger partial charge in [0, 0.05) is 5.56 Å². The molecule has 0 radical (unpaired) electrons. The average Bonchev–Trinajstić information content (AvgIpc) is 2.48. The van der Waals surface area contributed by atoms with E-state index in [0.717, 1.165) is 0 Å². The van der Waals surface area contributed by atoms with Crippen molar-refractivity contribution < 1.29 is 19.0 Å². The minimum Gasteiger partial charge on any atom is -0.493 e. The Kier molecular flexibility index (Phi) is 4.82. The molecule has 106 valence electrons. The Morgan fingerprint density at radius 2 is 2.00 bits per heavy atom. The molecule has 2 aromatic rings. The van der Waals surface area contributed by atoms with Gasteiger partial charge in [0.05, 0.1) is 18.7 Å². The van der Waals surface area contributed by atoms with E-state index in [1.165, 1.54) is 13.2 Å². The third kappa shape index (κ3) is 3.21. The van der Waals surface area contributed by atoms with Gasteiger partial charge in [0.2, 0.25) is 0 Å². The number of hydrogen-bond acceptors (Lipinski definition) is 3. The van der Waals surface area contributed by atoms with Gasteiger partial charge in [-0.3, -0.25) is 0 Å². The number of rotatable bonds is 5. The van der Waals surface area contributed by atoms with Crippen LogP contribution < -0.4 is 9.47 Å². The van der Waals surface area contributed by atoms with Gasteiger partial charge < -0.3 is 14.6 Å². The van der Waals surface area contributed by atoms with Crippen LogP contribution in [0.1, 0.15) is 11.1 Å². The SMILES string of the molecule is COc1ccc(CO)cc1OCc1cccc(F)c1Cl. The van der Waals surface area contributed by atoms with Crippen LogP contribution in [0.5, 0.6) is 11.5 Å². The van der Waals surface area contributed by atoms with E-state index in [1.807, 2.05) is 0 Å². The van der Waals surface area contributed by atoms with E-state index in [4.69, 9.17) is 26.2 Å². The van der Waals surface area contributed by atoms with E-state index in [0.29, 0.717) is 22.6 Å². The van der Waals surface area contributed by atoms with Crippen LogP contribution in [0.25, 0.3) is 0 Å². The molecule has 0 amide bonds. The van der Waals surface area contributed by atoms with Crippen molar-refractivity contribution in [2.45, 2.75) is 13.2 Å². The average molecular weight is 297 g/mol. The molecule has 1 N–H and O–H groups in total. The Hall–Kier alpha value is -1.78. The lowest BCUT2D eigenvalue weighted by Gasteiger charge is -2.12. The molecule has 2 rings (SSSR count). The molecule has 0 saturated heterocycles. The van der Waals surface area contributed by atoms with Crippen molar-refractivity contribution in [1.82, 2.24) is 0 Å². The summed E-state index contributed by atoms with van der Waals surface area (Å²) in [6, 6.07) is 9.66. The number of hydrogen-bond donors (Lipinski definition) is 1. The van der Waals surface area contributed by atoms with Crippen molar-refractivity contribution in [2.24, 2.45) is 0 Å². The van der Waals surface area contributed by atoms with Crippen molar-refractivity contribution >= 4 is 11.6 Å². The van der Waals surface area contributed by atoms with Crippen molar-refractivity contribution in [3.05, 3.63) is 58.4 Å². The zero-order chi connectivity index (χ0) is 14.5. The molecule has 0 aliphatic carbocycles. The van der Waals surface area contributed by atoms with Gasteiger partial charge in [0.15, 0.2) is 11.5 Å². The highest BCUT2D eigenvalue weighted by atomic mass is 35.5. The standard InChI is InChI=1S/C15H14ClFO3/c1-19-13-6-5-10(8-18)7-14(13)20-9-11-3-2-4-12(17)15(11)16/h2-7,18H,8-9H2,1H3. The van der Waals surface area contributed by atoms with E-state index < -0.39 is 5.82 Å². The zero-order valence-corrected chi connectivity index (χ0v) is 11.7. The quantitative estimate of drug-likeness (QED) is 0.917. The highest BCUT2D eigenvalue weighted by Gasteiger charge is 2.09. The van der Waals surface area contributed by atoms with Crippen LogP contribution in [-0.4, -0.2) is 12.2 Å². The maximum absolute atomic E-state index is 13.3. The lowest BCUT2D eigenvalue weighted by atomic mass is 10.2. The molecule has 0 fully saturated rings. The Morgan fingerprint density at radius 3 is 2.70 bits per heavy atom. The third-order valence-electron chi connectivity index (χ3n) is 2.83.